The second-order valence-electron chi connectivity index (χ2n) is 10.8. The quantitative estimate of drug-likeness (QED) is 0.471. The molecule has 1 atom stereocenters. The van der Waals surface area contributed by atoms with Crippen molar-refractivity contribution in [1.82, 2.24) is 15.6 Å². The minimum absolute atomic E-state index is 0.0184. The molecular weight excluding hydrogens is 432 g/mol. The van der Waals surface area contributed by atoms with Crippen LogP contribution in [0.3, 0.4) is 0 Å². The Bertz CT molecular complexity index is 1270. The number of aromatic amines is 1. The third-order valence-electron chi connectivity index (χ3n) is 8.99. The fourth-order valence-corrected chi connectivity index (χ4v) is 7.37. The molecule has 0 saturated heterocycles. The van der Waals surface area contributed by atoms with Gasteiger partial charge in [0, 0.05) is 34.6 Å². The molecule has 1 aliphatic heterocycles. The van der Waals surface area contributed by atoms with Gasteiger partial charge in [-0.1, -0.05) is 43.2 Å². The molecule has 35 heavy (non-hydrogen) atoms. The van der Waals surface area contributed by atoms with Gasteiger partial charge in [0.1, 0.15) is 11.8 Å². The highest BCUT2D eigenvalue weighted by atomic mass is 16.1. The maximum absolute atomic E-state index is 13.0. The number of carbonyl (C=O) groups is 1. The highest BCUT2D eigenvalue weighted by molar-refractivity contribution is 5.98. The summed E-state index contributed by atoms with van der Waals surface area (Å²) in [4.78, 5) is 16.1. The maximum Gasteiger partial charge on any atom is 0.251 e. The minimum Gasteiger partial charge on any atom is -0.349 e. The van der Waals surface area contributed by atoms with Crippen molar-refractivity contribution in [3.63, 3.8) is 0 Å². The van der Waals surface area contributed by atoms with Crippen LogP contribution in [0.5, 0.6) is 0 Å². The van der Waals surface area contributed by atoms with Crippen molar-refractivity contribution >= 4 is 16.8 Å². The molecule has 1 aromatic heterocycles. The molecule has 1 amide bonds. The highest BCUT2D eigenvalue weighted by Gasteiger charge is 2.49. The molecule has 2 heterocycles. The fraction of sp³-hybridized carbons (Fsp3) is 0.467. The Morgan fingerprint density at radius 1 is 0.971 bits per heavy atom. The van der Waals surface area contributed by atoms with Crippen molar-refractivity contribution in [2.45, 2.75) is 69.4 Å². The number of rotatable bonds is 4. The smallest absolute Gasteiger partial charge is 0.251 e. The van der Waals surface area contributed by atoms with Gasteiger partial charge in [-0.25, -0.2) is 0 Å². The number of benzene rings is 2. The first-order chi connectivity index (χ1) is 17.2. The lowest BCUT2D eigenvalue weighted by Gasteiger charge is -2.52. The summed E-state index contributed by atoms with van der Waals surface area (Å²) in [6.45, 7) is 1.07. The largest absolute Gasteiger partial charge is 0.349 e. The van der Waals surface area contributed by atoms with E-state index in [0.29, 0.717) is 23.1 Å². The number of fused-ring (bicyclic) bond motifs is 2. The third kappa shape index (κ3) is 3.94. The highest BCUT2D eigenvalue weighted by Crippen LogP contribution is 2.51. The van der Waals surface area contributed by atoms with Gasteiger partial charge in [0.05, 0.1) is 0 Å². The number of nitriles is 1. The van der Waals surface area contributed by atoms with E-state index in [9.17, 15) is 4.79 Å². The zero-order chi connectivity index (χ0) is 23.8. The molecule has 3 aromatic rings. The van der Waals surface area contributed by atoms with Gasteiger partial charge in [0.2, 0.25) is 0 Å². The van der Waals surface area contributed by atoms with Gasteiger partial charge in [-0.3, -0.25) is 4.79 Å². The lowest BCUT2D eigenvalue weighted by molar-refractivity contribution is 0.0722. The van der Waals surface area contributed by atoms with E-state index in [1.807, 2.05) is 24.3 Å². The number of amides is 1. The van der Waals surface area contributed by atoms with Crippen LogP contribution in [-0.2, 0) is 12.0 Å². The van der Waals surface area contributed by atoms with Crippen LogP contribution in [0, 0.1) is 23.2 Å². The molecule has 2 saturated carbocycles. The topological polar surface area (TPSA) is 80.7 Å². The van der Waals surface area contributed by atoms with E-state index in [0.717, 1.165) is 49.6 Å². The van der Waals surface area contributed by atoms with Crippen LogP contribution in [-0.4, -0.2) is 23.5 Å². The Labute approximate surface area is 207 Å². The van der Waals surface area contributed by atoms with Crippen LogP contribution in [0.15, 0.2) is 48.5 Å². The first kappa shape index (κ1) is 22.4. The Hall–Kier alpha value is -3.10. The molecule has 1 unspecified atom stereocenters. The molecular formula is C30H34N4O. The maximum atomic E-state index is 13.0. The van der Waals surface area contributed by atoms with E-state index in [2.05, 4.69) is 46.0 Å². The van der Waals surface area contributed by atoms with Crippen molar-refractivity contribution in [2.24, 2.45) is 11.8 Å². The Balaban J connectivity index is 1.17. The third-order valence-corrected chi connectivity index (χ3v) is 8.99. The van der Waals surface area contributed by atoms with E-state index in [4.69, 9.17) is 5.26 Å². The summed E-state index contributed by atoms with van der Waals surface area (Å²) >= 11 is 0. The molecule has 3 N–H and O–H groups in total. The summed E-state index contributed by atoms with van der Waals surface area (Å²) in [6, 6.07) is 18.9. The van der Waals surface area contributed by atoms with E-state index in [1.54, 1.807) is 5.56 Å². The predicted octanol–water partition coefficient (Wildman–Crippen LogP) is 5.56. The first-order valence-corrected chi connectivity index (χ1v) is 13.3. The second kappa shape index (κ2) is 9.17. The van der Waals surface area contributed by atoms with E-state index < -0.39 is 0 Å². The molecule has 0 radical (unpaired) electrons. The molecule has 5 nitrogen and oxygen atoms in total. The molecule has 6 rings (SSSR count). The SMILES string of the molecule is N#Cc1cc2ccc(C(=O)N[C@H]3CC[C@H](C4(C5CCCC5)NCCc5ccccc54)CC3)cc2[nH]1. The first-order valence-electron chi connectivity index (χ1n) is 13.3. The molecule has 180 valence electrons. The van der Waals surface area contributed by atoms with Gasteiger partial charge >= 0.3 is 0 Å². The molecule has 3 aliphatic rings. The van der Waals surface area contributed by atoms with Crippen LogP contribution in [0.25, 0.3) is 10.9 Å². The normalized spacial score (nSPS) is 26.8. The van der Waals surface area contributed by atoms with Crippen LogP contribution in [0.4, 0.5) is 0 Å². The number of aromatic nitrogens is 1. The number of carbonyl (C=O) groups excluding carboxylic acids is 1. The summed E-state index contributed by atoms with van der Waals surface area (Å²) in [5.74, 6) is 1.31. The predicted molar refractivity (Wildman–Crippen MR) is 138 cm³/mol. The average molecular weight is 467 g/mol. The molecule has 0 spiro atoms. The monoisotopic (exact) mass is 466 g/mol. The van der Waals surface area contributed by atoms with E-state index >= 15 is 0 Å². The van der Waals surface area contributed by atoms with Crippen molar-refractivity contribution in [3.05, 3.63) is 70.9 Å². The molecule has 2 aliphatic carbocycles. The zero-order valence-electron chi connectivity index (χ0n) is 20.3. The van der Waals surface area contributed by atoms with E-state index in [1.165, 1.54) is 31.2 Å². The molecule has 2 fully saturated rings. The summed E-state index contributed by atoms with van der Waals surface area (Å²) < 4.78 is 0. The summed E-state index contributed by atoms with van der Waals surface area (Å²) in [7, 11) is 0. The van der Waals surface area contributed by atoms with Gasteiger partial charge in [-0.2, -0.15) is 5.26 Å². The lowest BCUT2D eigenvalue weighted by Crippen LogP contribution is -2.58. The van der Waals surface area contributed by atoms with Crippen LogP contribution >= 0.6 is 0 Å². The Morgan fingerprint density at radius 2 is 1.74 bits per heavy atom. The Morgan fingerprint density at radius 3 is 2.54 bits per heavy atom. The summed E-state index contributed by atoms with van der Waals surface area (Å²) in [6.07, 6.45) is 10.8. The van der Waals surface area contributed by atoms with Crippen molar-refractivity contribution in [3.8, 4) is 6.07 Å². The van der Waals surface area contributed by atoms with Gasteiger partial charge < -0.3 is 15.6 Å². The van der Waals surface area contributed by atoms with Crippen molar-refractivity contribution < 1.29 is 4.79 Å². The van der Waals surface area contributed by atoms with Gasteiger partial charge in [-0.05, 0) is 86.1 Å². The molecule has 5 heteroatoms. The second-order valence-corrected chi connectivity index (χ2v) is 10.8. The number of hydrogen-bond donors (Lipinski definition) is 3. The summed E-state index contributed by atoms with van der Waals surface area (Å²) in [5.41, 5.74) is 5.19. The number of hydrogen-bond acceptors (Lipinski definition) is 3. The number of nitrogens with one attached hydrogen (secondary N) is 3. The summed E-state index contributed by atoms with van der Waals surface area (Å²) in [5, 5.41) is 17.5. The van der Waals surface area contributed by atoms with Crippen molar-refractivity contribution in [2.75, 3.05) is 6.54 Å². The van der Waals surface area contributed by atoms with E-state index in [-0.39, 0.29) is 17.5 Å². The lowest BCUT2D eigenvalue weighted by atomic mass is 9.61. The standard InChI is InChI=1S/C30H34N4O/c31-19-26-17-21-9-10-22(18-28(21)33-26)29(35)34-25-13-11-24(12-14-25)30(23-6-2-3-7-23)27-8-4-1-5-20(27)15-16-32-30/h1,4-5,8-10,17-18,23-25,32-33H,2-3,6-7,11-16H2,(H,34,35)/t24-,25-,30?. The van der Waals surface area contributed by atoms with Gasteiger partial charge in [-0.15, -0.1) is 0 Å². The fourth-order valence-electron chi connectivity index (χ4n) is 7.37. The molecule has 2 aromatic carbocycles. The van der Waals surface area contributed by atoms with Gasteiger partial charge in [0.25, 0.3) is 5.91 Å². The number of H-pyrrole nitrogens is 1. The Kier molecular flexibility index (Phi) is 5.86. The van der Waals surface area contributed by atoms with Crippen LogP contribution in [0.2, 0.25) is 0 Å². The van der Waals surface area contributed by atoms with Crippen LogP contribution < -0.4 is 10.6 Å². The van der Waals surface area contributed by atoms with Gasteiger partial charge in [0.15, 0.2) is 0 Å². The minimum atomic E-state index is -0.0184. The molecule has 0 bridgehead atoms. The van der Waals surface area contributed by atoms with Crippen molar-refractivity contribution in [1.29, 1.82) is 5.26 Å². The average Bonchev–Trinajstić information content (AvgIpc) is 3.59. The van der Waals surface area contributed by atoms with Crippen LogP contribution in [0.1, 0.15) is 78.5 Å². The number of nitrogens with zero attached hydrogens (tertiary/aromatic N) is 1. The zero-order valence-corrected chi connectivity index (χ0v) is 20.3.